The van der Waals surface area contributed by atoms with Crippen molar-refractivity contribution >= 4 is 23.6 Å². The van der Waals surface area contributed by atoms with E-state index in [0.29, 0.717) is 5.56 Å². The van der Waals surface area contributed by atoms with Gasteiger partial charge >= 0.3 is 12.0 Å². The quantitative estimate of drug-likeness (QED) is 0.471. The summed E-state index contributed by atoms with van der Waals surface area (Å²) in [6.07, 6.45) is -1.37. The molecular formula is C18H17N3O6. The molecule has 0 bridgehead atoms. The van der Waals surface area contributed by atoms with Gasteiger partial charge in [0.1, 0.15) is 0 Å². The summed E-state index contributed by atoms with van der Waals surface area (Å²) in [5.41, 5.74) is 0.557. The average Bonchev–Trinajstić information content (AvgIpc) is 2.65. The number of urea groups is 1. The molecule has 2 rings (SSSR count). The van der Waals surface area contributed by atoms with Gasteiger partial charge in [-0.2, -0.15) is 0 Å². The third-order valence-electron chi connectivity index (χ3n) is 3.66. The molecule has 27 heavy (non-hydrogen) atoms. The number of esters is 1. The Kier molecular flexibility index (Phi) is 6.21. The minimum Gasteiger partial charge on any atom is -0.444 e. The minimum atomic E-state index is -1.37. The first-order chi connectivity index (χ1) is 12.8. The van der Waals surface area contributed by atoms with Gasteiger partial charge in [0.15, 0.2) is 0 Å². The molecule has 0 unspecified atom stereocenters. The number of benzene rings is 2. The smallest absolute Gasteiger partial charge is 0.339 e. The molecule has 2 aromatic carbocycles. The molecule has 9 nitrogen and oxygen atoms in total. The van der Waals surface area contributed by atoms with Gasteiger partial charge in [-0.25, -0.2) is 9.59 Å². The summed E-state index contributed by atoms with van der Waals surface area (Å²) in [6.45, 7) is 1.49. The summed E-state index contributed by atoms with van der Waals surface area (Å²) in [7, 11) is 1.34. The summed E-state index contributed by atoms with van der Waals surface area (Å²) < 4.78 is 5.28. The van der Waals surface area contributed by atoms with E-state index >= 15 is 0 Å². The van der Waals surface area contributed by atoms with E-state index in [9.17, 15) is 24.5 Å². The molecule has 0 heterocycles. The fourth-order valence-corrected chi connectivity index (χ4v) is 2.30. The number of ether oxygens (including phenoxy) is 1. The number of hydrogen-bond donors (Lipinski definition) is 2. The van der Waals surface area contributed by atoms with Crippen molar-refractivity contribution < 1.29 is 24.0 Å². The largest absolute Gasteiger partial charge is 0.444 e. The van der Waals surface area contributed by atoms with Gasteiger partial charge in [0.05, 0.1) is 10.5 Å². The molecule has 2 N–H and O–H groups in total. The predicted molar refractivity (Wildman–Crippen MR) is 95.0 cm³/mol. The van der Waals surface area contributed by atoms with Gasteiger partial charge in [-0.3, -0.25) is 20.2 Å². The molecule has 3 amide bonds. The number of amides is 3. The topological polar surface area (TPSA) is 128 Å². The standard InChI is InChI=1S/C18H17N3O6/c1-11-10-13(8-9-14(11)21(25)26)17(23)27-15(12-6-4-3-5-7-12)16(22)20-18(24)19-2/h3-10,15H,1-2H3,(H2,19,20,22,24)/t15-/m0/s1. The molecule has 9 heteroatoms. The van der Waals surface area contributed by atoms with Crippen molar-refractivity contribution in [2.24, 2.45) is 0 Å². The van der Waals surface area contributed by atoms with Gasteiger partial charge in [-0.15, -0.1) is 0 Å². The van der Waals surface area contributed by atoms with Crippen LogP contribution in [0.1, 0.15) is 27.6 Å². The molecule has 0 saturated heterocycles. The first kappa shape index (κ1) is 19.6. The molecule has 1 atom stereocenters. The van der Waals surface area contributed by atoms with E-state index in [0.717, 1.165) is 0 Å². The van der Waals surface area contributed by atoms with Gasteiger partial charge in [0.25, 0.3) is 11.6 Å². The number of nitrogens with one attached hydrogen (secondary N) is 2. The van der Waals surface area contributed by atoms with Crippen molar-refractivity contribution in [3.05, 3.63) is 75.3 Å². The Balaban J connectivity index is 2.28. The fraction of sp³-hybridized carbons (Fsp3) is 0.167. The maximum absolute atomic E-state index is 12.4. The maximum Gasteiger partial charge on any atom is 0.339 e. The molecule has 0 radical (unpaired) electrons. The molecule has 0 saturated carbocycles. The van der Waals surface area contributed by atoms with Crippen LogP contribution < -0.4 is 10.6 Å². The van der Waals surface area contributed by atoms with Crippen LogP contribution >= 0.6 is 0 Å². The van der Waals surface area contributed by atoms with Gasteiger partial charge in [0, 0.05) is 24.2 Å². The molecule has 0 fully saturated rings. The Labute approximate surface area is 154 Å². The number of nitro benzene ring substituents is 1. The summed E-state index contributed by atoms with van der Waals surface area (Å²) in [5, 5.41) is 15.2. The number of carbonyl (C=O) groups excluding carboxylic acids is 3. The molecule has 0 aromatic heterocycles. The molecule has 0 aliphatic rings. The lowest BCUT2D eigenvalue weighted by atomic mass is 10.1. The molecule has 2 aromatic rings. The maximum atomic E-state index is 12.4. The number of aryl methyl sites for hydroxylation is 1. The first-order valence-electron chi connectivity index (χ1n) is 7.87. The number of hydrogen-bond acceptors (Lipinski definition) is 6. The molecule has 0 aliphatic carbocycles. The normalized spacial score (nSPS) is 11.2. The van der Waals surface area contributed by atoms with Crippen LogP contribution in [-0.4, -0.2) is 29.9 Å². The number of imide groups is 1. The highest BCUT2D eigenvalue weighted by molar-refractivity contribution is 5.99. The van der Waals surface area contributed by atoms with E-state index in [4.69, 9.17) is 4.74 Å². The first-order valence-corrected chi connectivity index (χ1v) is 7.87. The Bertz CT molecular complexity index is 882. The second kappa shape index (κ2) is 8.56. The number of rotatable bonds is 5. The third-order valence-corrected chi connectivity index (χ3v) is 3.66. The monoisotopic (exact) mass is 371 g/mol. The van der Waals surface area contributed by atoms with Crippen LogP contribution in [0.25, 0.3) is 0 Å². The van der Waals surface area contributed by atoms with Crippen LogP contribution in [0.15, 0.2) is 48.5 Å². The fourth-order valence-electron chi connectivity index (χ4n) is 2.30. The zero-order valence-electron chi connectivity index (χ0n) is 14.6. The van der Waals surface area contributed by atoms with Crippen LogP contribution in [-0.2, 0) is 9.53 Å². The molecule has 140 valence electrons. The highest BCUT2D eigenvalue weighted by atomic mass is 16.6. The lowest BCUT2D eigenvalue weighted by molar-refractivity contribution is -0.385. The van der Waals surface area contributed by atoms with Crippen molar-refractivity contribution in [3.8, 4) is 0 Å². The minimum absolute atomic E-state index is 0.0479. The van der Waals surface area contributed by atoms with Crippen LogP contribution in [0.5, 0.6) is 0 Å². The van der Waals surface area contributed by atoms with E-state index in [1.165, 1.54) is 32.2 Å². The Morgan fingerprint density at radius 1 is 1.11 bits per heavy atom. The number of carbonyl (C=O) groups is 3. The van der Waals surface area contributed by atoms with Crippen molar-refractivity contribution in [2.45, 2.75) is 13.0 Å². The molecule has 0 spiro atoms. The van der Waals surface area contributed by atoms with Gasteiger partial charge < -0.3 is 10.1 Å². The summed E-state index contributed by atoms with van der Waals surface area (Å²) in [6, 6.07) is 11.2. The van der Waals surface area contributed by atoms with Gasteiger partial charge in [0.2, 0.25) is 6.10 Å². The second-order valence-corrected chi connectivity index (χ2v) is 5.52. The van der Waals surface area contributed by atoms with Gasteiger partial charge in [-0.1, -0.05) is 30.3 Å². The average molecular weight is 371 g/mol. The Hall–Kier alpha value is -3.75. The Morgan fingerprint density at radius 2 is 1.78 bits per heavy atom. The summed E-state index contributed by atoms with van der Waals surface area (Å²) in [4.78, 5) is 46.5. The summed E-state index contributed by atoms with van der Waals surface area (Å²) in [5.74, 6) is -1.68. The van der Waals surface area contributed by atoms with Gasteiger partial charge in [-0.05, 0) is 19.1 Å². The van der Waals surface area contributed by atoms with Crippen molar-refractivity contribution in [3.63, 3.8) is 0 Å². The van der Waals surface area contributed by atoms with Crippen molar-refractivity contribution in [2.75, 3.05) is 7.05 Å². The molecular weight excluding hydrogens is 354 g/mol. The van der Waals surface area contributed by atoms with Crippen molar-refractivity contribution in [1.82, 2.24) is 10.6 Å². The van der Waals surface area contributed by atoms with Crippen LogP contribution in [0.4, 0.5) is 10.5 Å². The third kappa shape index (κ3) is 4.88. The number of nitro groups is 1. The van der Waals surface area contributed by atoms with E-state index in [1.54, 1.807) is 30.3 Å². The predicted octanol–water partition coefficient (Wildman–Crippen LogP) is 2.26. The lowest BCUT2D eigenvalue weighted by Gasteiger charge is -2.17. The second-order valence-electron chi connectivity index (χ2n) is 5.52. The Morgan fingerprint density at radius 3 is 2.33 bits per heavy atom. The van der Waals surface area contributed by atoms with E-state index in [1.807, 2.05) is 0 Å². The number of nitrogens with zero attached hydrogens (tertiary/aromatic N) is 1. The van der Waals surface area contributed by atoms with Crippen molar-refractivity contribution in [1.29, 1.82) is 0 Å². The van der Waals surface area contributed by atoms with E-state index < -0.39 is 28.9 Å². The SMILES string of the molecule is CNC(=O)NC(=O)[C@@H](OC(=O)c1ccc([N+](=O)[O-])c(C)c1)c1ccccc1. The highest BCUT2D eigenvalue weighted by Crippen LogP contribution is 2.23. The zero-order valence-corrected chi connectivity index (χ0v) is 14.6. The molecule has 0 aliphatic heterocycles. The highest BCUT2D eigenvalue weighted by Gasteiger charge is 2.27. The van der Waals surface area contributed by atoms with Crippen LogP contribution in [0, 0.1) is 17.0 Å². The van der Waals surface area contributed by atoms with Crippen LogP contribution in [0.3, 0.4) is 0 Å². The van der Waals surface area contributed by atoms with E-state index in [2.05, 4.69) is 10.6 Å². The zero-order chi connectivity index (χ0) is 20.0. The van der Waals surface area contributed by atoms with Crippen LogP contribution in [0.2, 0.25) is 0 Å². The van der Waals surface area contributed by atoms with E-state index in [-0.39, 0.29) is 16.8 Å². The lowest BCUT2D eigenvalue weighted by Crippen LogP contribution is -2.41. The summed E-state index contributed by atoms with van der Waals surface area (Å²) >= 11 is 0.